The van der Waals surface area contributed by atoms with Crippen LogP contribution in [0.2, 0.25) is 52.4 Å². The van der Waals surface area contributed by atoms with E-state index in [0.717, 1.165) is 0 Å². The molecule has 0 aliphatic carbocycles. The summed E-state index contributed by atoms with van der Waals surface area (Å²) in [7, 11) is -9.81. The molecule has 0 radical (unpaired) electrons. The summed E-state index contributed by atoms with van der Waals surface area (Å²) in [6.07, 6.45) is 0. The molecule has 10 heteroatoms. The van der Waals surface area contributed by atoms with Gasteiger partial charge in [-0.3, -0.25) is 0 Å². The van der Waals surface area contributed by atoms with Gasteiger partial charge in [0.1, 0.15) is 0 Å². The van der Waals surface area contributed by atoms with Crippen LogP contribution in [0, 0.1) is 0 Å². The van der Waals surface area contributed by atoms with Gasteiger partial charge in [0, 0.05) is 0 Å². The molecule has 0 N–H and O–H groups in total. The van der Waals surface area contributed by atoms with Gasteiger partial charge in [-0.15, -0.1) is 0 Å². The molecule has 0 spiro atoms. The van der Waals surface area contributed by atoms with Gasteiger partial charge in [-0.25, -0.2) is 0 Å². The summed E-state index contributed by atoms with van der Waals surface area (Å²) in [5.41, 5.74) is 0. The molecule has 0 aromatic heterocycles. The van der Waals surface area contributed by atoms with Crippen molar-refractivity contribution in [3.8, 4) is 0 Å². The second kappa shape index (κ2) is 5.71. The minimum atomic E-state index is -2.20. The highest BCUT2D eigenvalue weighted by Crippen LogP contribution is 2.24. The second-order valence-corrected chi connectivity index (χ2v) is 21.2. The Morgan fingerprint density at radius 1 is 0.611 bits per heavy atom. The highest BCUT2D eigenvalue weighted by Gasteiger charge is 2.44. The highest BCUT2D eigenvalue weighted by molar-refractivity contribution is 6.88. The molecule has 1 aliphatic heterocycles. The first kappa shape index (κ1) is 16.9. The van der Waals surface area contributed by atoms with Crippen LogP contribution in [0.4, 0.5) is 0 Å². The average Bonchev–Trinajstić information content (AvgIpc) is 1.90. The first-order valence-electron chi connectivity index (χ1n) is 6.32. The standard InChI is InChI=1S/C8H26O5Si5/c1-14-9-15(2)11-17(5,6)13-18(7,8)12-16(3,4)10-14/h14-15H,1-8H3. The van der Waals surface area contributed by atoms with E-state index in [-0.39, 0.29) is 0 Å². The molecule has 2 atom stereocenters. The Morgan fingerprint density at radius 3 is 1.28 bits per heavy atom. The second-order valence-electron chi connectivity index (χ2n) is 5.91. The molecule has 1 saturated heterocycles. The van der Waals surface area contributed by atoms with E-state index in [1.807, 2.05) is 0 Å². The van der Waals surface area contributed by atoms with Gasteiger partial charge in [0.05, 0.1) is 0 Å². The fraction of sp³-hybridized carbons (Fsp3) is 1.00. The van der Waals surface area contributed by atoms with Gasteiger partial charge < -0.3 is 20.6 Å². The monoisotopic (exact) mass is 342 g/mol. The lowest BCUT2D eigenvalue weighted by Gasteiger charge is -2.41. The van der Waals surface area contributed by atoms with Crippen LogP contribution in [-0.2, 0) is 20.6 Å². The van der Waals surface area contributed by atoms with Gasteiger partial charge in [0.15, 0.2) is 0 Å². The van der Waals surface area contributed by atoms with Crippen LogP contribution in [0.25, 0.3) is 0 Å². The molecule has 0 bridgehead atoms. The van der Waals surface area contributed by atoms with Crippen LogP contribution in [0.15, 0.2) is 0 Å². The van der Waals surface area contributed by atoms with Crippen LogP contribution in [0.5, 0.6) is 0 Å². The van der Waals surface area contributed by atoms with Crippen LogP contribution < -0.4 is 0 Å². The van der Waals surface area contributed by atoms with Gasteiger partial charge in [-0.2, -0.15) is 0 Å². The summed E-state index contributed by atoms with van der Waals surface area (Å²) in [5.74, 6) is 0. The Hall–Kier alpha value is 0.884. The fourth-order valence-electron chi connectivity index (χ4n) is 2.38. The molecule has 0 aromatic rings. The minimum absolute atomic E-state index is 1.65. The van der Waals surface area contributed by atoms with Crippen molar-refractivity contribution in [2.75, 3.05) is 0 Å². The molecular formula is C8H26O5Si5. The Morgan fingerprint density at radius 2 is 0.944 bits per heavy atom. The van der Waals surface area contributed by atoms with Crippen LogP contribution in [0.3, 0.4) is 0 Å². The first-order valence-corrected chi connectivity index (χ1v) is 19.0. The van der Waals surface area contributed by atoms with Gasteiger partial charge in [0.2, 0.25) is 0 Å². The van der Waals surface area contributed by atoms with Crippen molar-refractivity contribution in [1.29, 1.82) is 0 Å². The first-order chi connectivity index (χ1) is 7.91. The maximum Gasteiger partial charge on any atom is 0.314 e. The van der Waals surface area contributed by atoms with Gasteiger partial charge >= 0.3 is 25.7 Å². The Balaban J connectivity index is 2.92. The van der Waals surface area contributed by atoms with E-state index in [9.17, 15) is 0 Å². The van der Waals surface area contributed by atoms with Crippen molar-refractivity contribution >= 4 is 44.3 Å². The van der Waals surface area contributed by atoms with Crippen molar-refractivity contribution < 1.29 is 20.6 Å². The lowest BCUT2D eigenvalue weighted by molar-refractivity contribution is 0.259. The third-order valence-electron chi connectivity index (χ3n) is 2.27. The van der Waals surface area contributed by atoms with E-state index in [1.54, 1.807) is 0 Å². The molecule has 0 amide bonds. The van der Waals surface area contributed by atoms with Crippen LogP contribution >= 0.6 is 0 Å². The minimum Gasteiger partial charge on any atom is -0.420 e. The summed E-state index contributed by atoms with van der Waals surface area (Å²) in [6, 6.07) is 0. The molecule has 1 aliphatic rings. The normalized spacial score (nSPS) is 36.0. The summed E-state index contributed by atoms with van der Waals surface area (Å²) in [5, 5.41) is 0. The topological polar surface area (TPSA) is 46.2 Å². The Labute approximate surface area is 117 Å². The maximum atomic E-state index is 6.20. The summed E-state index contributed by atoms with van der Waals surface area (Å²) in [6.45, 7) is 16.5. The van der Waals surface area contributed by atoms with Crippen molar-refractivity contribution in [2.24, 2.45) is 0 Å². The SMILES string of the molecule is C[SiH]1O[SiH](C)O[Si](C)(C)O[Si](C)(C)O[Si](C)(C)O1. The molecule has 108 valence electrons. The van der Waals surface area contributed by atoms with E-state index in [2.05, 4.69) is 52.4 Å². The highest BCUT2D eigenvalue weighted by atomic mass is 28.5. The third kappa shape index (κ3) is 5.89. The van der Waals surface area contributed by atoms with Gasteiger partial charge in [0.25, 0.3) is 18.6 Å². The molecular weight excluding hydrogens is 317 g/mol. The molecule has 0 saturated carbocycles. The lowest BCUT2D eigenvalue weighted by Crippen LogP contribution is -2.58. The van der Waals surface area contributed by atoms with Crippen molar-refractivity contribution in [1.82, 2.24) is 0 Å². The number of hydrogen-bond donors (Lipinski definition) is 0. The zero-order valence-electron chi connectivity index (χ0n) is 12.7. The zero-order valence-corrected chi connectivity index (χ0v) is 18.0. The van der Waals surface area contributed by atoms with E-state index in [4.69, 9.17) is 20.6 Å². The van der Waals surface area contributed by atoms with E-state index in [1.165, 1.54) is 0 Å². The third-order valence-corrected chi connectivity index (χ3v) is 20.4. The molecule has 1 rings (SSSR count). The van der Waals surface area contributed by atoms with Gasteiger partial charge in [-0.1, -0.05) is 0 Å². The fourth-order valence-corrected chi connectivity index (χ4v) is 23.6. The summed E-state index contributed by atoms with van der Waals surface area (Å²) in [4.78, 5) is 0. The molecule has 18 heavy (non-hydrogen) atoms. The molecule has 0 aromatic carbocycles. The summed E-state index contributed by atoms with van der Waals surface area (Å²) < 4.78 is 30.4. The average molecular weight is 343 g/mol. The zero-order chi connectivity index (χ0) is 14.2. The van der Waals surface area contributed by atoms with E-state index in [0.29, 0.717) is 0 Å². The molecule has 1 fully saturated rings. The largest absolute Gasteiger partial charge is 0.420 e. The number of rotatable bonds is 0. The van der Waals surface area contributed by atoms with Crippen LogP contribution in [0.1, 0.15) is 0 Å². The summed E-state index contributed by atoms with van der Waals surface area (Å²) >= 11 is 0. The molecule has 5 nitrogen and oxygen atoms in total. The van der Waals surface area contributed by atoms with Gasteiger partial charge in [-0.05, 0) is 52.4 Å². The Kier molecular flexibility index (Phi) is 5.37. The molecule has 2 unspecified atom stereocenters. The quantitative estimate of drug-likeness (QED) is 0.629. The molecule has 1 heterocycles. The van der Waals surface area contributed by atoms with E-state index >= 15 is 0 Å². The van der Waals surface area contributed by atoms with Crippen molar-refractivity contribution in [3.05, 3.63) is 0 Å². The van der Waals surface area contributed by atoms with Crippen LogP contribution in [-0.4, -0.2) is 44.3 Å². The predicted octanol–water partition coefficient (Wildman–Crippen LogP) is 1.89. The number of hydrogen-bond acceptors (Lipinski definition) is 5. The smallest absolute Gasteiger partial charge is 0.314 e. The van der Waals surface area contributed by atoms with Crippen molar-refractivity contribution in [2.45, 2.75) is 52.4 Å². The maximum absolute atomic E-state index is 6.20. The lowest BCUT2D eigenvalue weighted by atomic mass is 11.9. The van der Waals surface area contributed by atoms with Crippen molar-refractivity contribution in [3.63, 3.8) is 0 Å². The van der Waals surface area contributed by atoms with E-state index < -0.39 is 44.3 Å². The Bertz CT molecular complexity index is 272. The predicted molar refractivity (Wildman–Crippen MR) is 83.9 cm³/mol.